The molecule has 0 radical (unpaired) electrons. The monoisotopic (exact) mass is 461 g/mol. The molecule has 2 heterocycles. The molecule has 1 N–H and O–H groups in total. The first-order chi connectivity index (χ1) is 14.5. The maximum absolute atomic E-state index is 13.0. The number of nitrogens with zero attached hydrogens (tertiary/aromatic N) is 2. The van der Waals surface area contributed by atoms with Crippen LogP contribution in [0.25, 0.3) is 10.1 Å². The van der Waals surface area contributed by atoms with Crippen LogP contribution < -0.4 is 10.2 Å². The van der Waals surface area contributed by atoms with Gasteiger partial charge in [0.2, 0.25) is 5.91 Å². The molecule has 1 aliphatic heterocycles. The van der Waals surface area contributed by atoms with Crippen molar-refractivity contribution in [2.24, 2.45) is 0 Å². The van der Waals surface area contributed by atoms with Gasteiger partial charge < -0.3 is 15.1 Å². The van der Waals surface area contributed by atoms with Gasteiger partial charge in [0.15, 0.2) is 0 Å². The molecule has 1 fully saturated rings. The van der Waals surface area contributed by atoms with Crippen molar-refractivity contribution in [3.05, 3.63) is 57.4 Å². The number of nitrogens with one attached hydrogen (secondary N) is 1. The van der Waals surface area contributed by atoms with Crippen LogP contribution in [0.1, 0.15) is 23.0 Å². The average molecular weight is 462 g/mol. The topological polar surface area (TPSA) is 52.7 Å². The van der Waals surface area contributed by atoms with Gasteiger partial charge in [0, 0.05) is 47.7 Å². The van der Waals surface area contributed by atoms with E-state index in [2.05, 4.69) is 10.2 Å². The molecule has 1 saturated heterocycles. The highest BCUT2D eigenvalue weighted by Crippen LogP contribution is 2.37. The van der Waals surface area contributed by atoms with Crippen molar-refractivity contribution >= 4 is 67.8 Å². The molecular weight excluding hydrogens is 441 g/mol. The van der Waals surface area contributed by atoms with Crippen molar-refractivity contribution < 1.29 is 9.59 Å². The van der Waals surface area contributed by atoms with Crippen LogP contribution in [0.15, 0.2) is 42.5 Å². The number of amides is 2. The van der Waals surface area contributed by atoms with E-state index in [9.17, 15) is 9.59 Å². The van der Waals surface area contributed by atoms with Crippen LogP contribution in [0, 0.1) is 0 Å². The quantitative estimate of drug-likeness (QED) is 0.556. The van der Waals surface area contributed by atoms with Gasteiger partial charge in [-0.1, -0.05) is 48.3 Å². The summed E-state index contributed by atoms with van der Waals surface area (Å²) in [5.41, 5.74) is 1.52. The van der Waals surface area contributed by atoms with Crippen molar-refractivity contribution in [2.75, 3.05) is 36.4 Å². The molecule has 30 heavy (non-hydrogen) atoms. The van der Waals surface area contributed by atoms with Gasteiger partial charge in [0.05, 0.1) is 16.4 Å². The number of thiophene rings is 1. The maximum atomic E-state index is 13.0. The molecule has 1 aromatic heterocycles. The molecule has 0 aliphatic carbocycles. The fourth-order valence-corrected chi connectivity index (χ4v) is 5.23. The number of carbonyl (C=O) groups excluding carboxylic acids is 2. The zero-order chi connectivity index (χ0) is 21.3. The Hall–Kier alpha value is -2.28. The van der Waals surface area contributed by atoms with Crippen LogP contribution >= 0.6 is 34.5 Å². The first-order valence-corrected chi connectivity index (χ1v) is 11.4. The SMILES string of the molecule is CCC(=O)N1CCN(c2ccc(Cl)cc2NC(=O)c2sc3ccccc3c2Cl)CC1. The van der Waals surface area contributed by atoms with E-state index in [0.29, 0.717) is 53.2 Å². The van der Waals surface area contributed by atoms with Gasteiger partial charge in [-0.3, -0.25) is 9.59 Å². The first kappa shape index (κ1) is 21.0. The number of piperazine rings is 1. The van der Waals surface area contributed by atoms with Crippen LogP contribution in [0.4, 0.5) is 11.4 Å². The summed E-state index contributed by atoms with van der Waals surface area (Å²) in [5.74, 6) is -0.0943. The van der Waals surface area contributed by atoms with E-state index in [1.54, 1.807) is 6.07 Å². The van der Waals surface area contributed by atoms with Crippen LogP contribution in [0.2, 0.25) is 10.0 Å². The molecule has 2 aromatic carbocycles. The second kappa shape index (κ2) is 8.84. The van der Waals surface area contributed by atoms with Crippen LogP contribution in [0.5, 0.6) is 0 Å². The van der Waals surface area contributed by atoms with Gasteiger partial charge in [-0.05, 0) is 24.3 Å². The van der Waals surface area contributed by atoms with E-state index < -0.39 is 0 Å². The molecule has 0 saturated carbocycles. The third-order valence-corrected chi connectivity index (χ3v) is 7.13. The van der Waals surface area contributed by atoms with Crippen LogP contribution in [0.3, 0.4) is 0 Å². The van der Waals surface area contributed by atoms with Crippen molar-refractivity contribution in [3.8, 4) is 0 Å². The number of benzene rings is 2. The van der Waals surface area contributed by atoms with Crippen molar-refractivity contribution in [2.45, 2.75) is 13.3 Å². The van der Waals surface area contributed by atoms with Gasteiger partial charge in [-0.2, -0.15) is 0 Å². The Morgan fingerprint density at radius 3 is 2.50 bits per heavy atom. The second-order valence-electron chi connectivity index (χ2n) is 7.08. The molecule has 0 unspecified atom stereocenters. The molecule has 3 aromatic rings. The molecule has 5 nitrogen and oxygen atoms in total. The predicted molar refractivity (Wildman–Crippen MR) is 125 cm³/mol. The number of anilines is 2. The maximum Gasteiger partial charge on any atom is 0.267 e. The molecule has 4 rings (SSSR count). The van der Waals surface area contributed by atoms with Gasteiger partial charge in [-0.15, -0.1) is 11.3 Å². The molecule has 0 bridgehead atoms. The number of hydrogen-bond acceptors (Lipinski definition) is 4. The van der Waals surface area contributed by atoms with E-state index in [1.807, 2.05) is 48.2 Å². The molecule has 2 amide bonds. The Morgan fingerprint density at radius 2 is 1.80 bits per heavy atom. The van der Waals surface area contributed by atoms with E-state index in [0.717, 1.165) is 15.8 Å². The number of halogens is 2. The lowest BCUT2D eigenvalue weighted by molar-refractivity contribution is -0.131. The zero-order valence-electron chi connectivity index (χ0n) is 16.5. The Morgan fingerprint density at radius 1 is 1.07 bits per heavy atom. The largest absolute Gasteiger partial charge is 0.366 e. The lowest BCUT2D eigenvalue weighted by Gasteiger charge is -2.37. The highest BCUT2D eigenvalue weighted by molar-refractivity contribution is 7.21. The van der Waals surface area contributed by atoms with Crippen LogP contribution in [-0.2, 0) is 4.79 Å². The Kier molecular flexibility index (Phi) is 6.18. The van der Waals surface area contributed by atoms with E-state index in [1.165, 1.54) is 11.3 Å². The highest BCUT2D eigenvalue weighted by Gasteiger charge is 2.23. The fourth-order valence-electron chi connectivity index (χ4n) is 3.64. The van der Waals surface area contributed by atoms with E-state index in [4.69, 9.17) is 23.2 Å². The first-order valence-electron chi connectivity index (χ1n) is 9.78. The molecule has 0 atom stereocenters. The standard InChI is InChI=1S/C22H21Cl2N3O2S/c1-2-19(28)27-11-9-26(10-12-27)17-8-7-14(23)13-16(17)25-22(29)21-20(24)15-5-3-4-6-18(15)30-21/h3-8,13H,2,9-12H2,1H3,(H,25,29). The van der Waals surface area contributed by atoms with Crippen LogP contribution in [-0.4, -0.2) is 42.9 Å². The molecule has 156 valence electrons. The molecule has 8 heteroatoms. The van der Waals surface area contributed by atoms with Gasteiger partial charge in [0.25, 0.3) is 5.91 Å². The summed E-state index contributed by atoms with van der Waals surface area (Å²) in [4.78, 5) is 29.5. The highest BCUT2D eigenvalue weighted by atomic mass is 35.5. The minimum Gasteiger partial charge on any atom is -0.366 e. The summed E-state index contributed by atoms with van der Waals surface area (Å²) in [6.45, 7) is 4.58. The van der Waals surface area contributed by atoms with E-state index >= 15 is 0 Å². The molecular formula is C22H21Cl2N3O2S. The van der Waals surface area contributed by atoms with Gasteiger partial charge in [0.1, 0.15) is 4.88 Å². The Bertz CT molecular complexity index is 1110. The minimum absolute atomic E-state index is 0.165. The number of rotatable bonds is 4. The second-order valence-corrected chi connectivity index (χ2v) is 8.94. The third-order valence-electron chi connectivity index (χ3n) is 5.22. The summed E-state index contributed by atoms with van der Waals surface area (Å²) < 4.78 is 0.968. The average Bonchev–Trinajstić information content (AvgIpc) is 3.10. The molecule has 0 spiro atoms. The zero-order valence-corrected chi connectivity index (χ0v) is 18.8. The molecule has 1 aliphatic rings. The summed E-state index contributed by atoms with van der Waals surface area (Å²) in [6, 6.07) is 13.1. The lowest BCUT2D eigenvalue weighted by atomic mass is 10.2. The Labute approximate surface area is 189 Å². The number of hydrogen-bond donors (Lipinski definition) is 1. The third kappa shape index (κ3) is 4.13. The van der Waals surface area contributed by atoms with Gasteiger partial charge >= 0.3 is 0 Å². The van der Waals surface area contributed by atoms with Crippen molar-refractivity contribution in [1.82, 2.24) is 4.90 Å². The normalized spacial score (nSPS) is 14.2. The minimum atomic E-state index is -0.260. The van der Waals surface area contributed by atoms with Crippen molar-refractivity contribution in [1.29, 1.82) is 0 Å². The summed E-state index contributed by atoms with van der Waals surface area (Å²) in [7, 11) is 0. The summed E-state index contributed by atoms with van der Waals surface area (Å²) in [6.07, 6.45) is 0.512. The fraction of sp³-hybridized carbons (Fsp3) is 0.273. The number of carbonyl (C=O) groups is 2. The number of fused-ring (bicyclic) bond motifs is 1. The van der Waals surface area contributed by atoms with E-state index in [-0.39, 0.29) is 11.8 Å². The smallest absolute Gasteiger partial charge is 0.267 e. The summed E-state index contributed by atoms with van der Waals surface area (Å²) in [5, 5.41) is 4.86. The lowest BCUT2D eigenvalue weighted by Crippen LogP contribution is -2.48. The van der Waals surface area contributed by atoms with Gasteiger partial charge in [-0.25, -0.2) is 0 Å². The Balaban J connectivity index is 1.57. The van der Waals surface area contributed by atoms with Crippen molar-refractivity contribution in [3.63, 3.8) is 0 Å². The summed E-state index contributed by atoms with van der Waals surface area (Å²) >= 11 is 14.1. The predicted octanol–water partition coefficient (Wildman–Crippen LogP) is 5.52.